The summed E-state index contributed by atoms with van der Waals surface area (Å²) in [5.74, 6) is 1.04. The number of thioether (sulfide) groups is 1. The molecule has 1 aliphatic carbocycles. The summed E-state index contributed by atoms with van der Waals surface area (Å²) in [5, 5.41) is 0.949. The first-order valence-corrected chi connectivity index (χ1v) is 10.3. The average Bonchev–Trinajstić information content (AvgIpc) is 2.41. The number of halogens is 1. The van der Waals surface area contributed by atoms with Crippen LogP contribution in [0.3, 0.4) is 0 Å². The molecule has 7 heteroatoms. The second-order valence-electron chi connectivity index (χ2n) is 5.31. The Balaban J connectivity index is 1.92. The highest BCUT2D eigenvalue weighted by atomic mass is 35.5. The normalized spacial score (nSPS) is 23.1. The summed E-state index contributed by atoms with van der Waals surface area (Å²) in [7, 11) is -3.33. The average molecular weight is 349 g/mol. The summed E-state index contributed by atoms with van der Waals surface area (Å²) in [4.78, 5) is 3.92. The summed E-state index contributed by atoms with van der Waals surface area (Å²) >= 11 is 7.63. The molecule has 0 radical (unpaired) electrons. The van der Waals surface area contributed by atoms with Gasteiger partial charge < -0.3 is 0 Å². The largest absolute Gasteiger partial charge is 0.244 e. The summed E-state index contributed by atoms with van der Waals surface area (Å²) < 4.78 is 27.3. The van der Waals surface area contributed by atoms with Gasteiger partial charge in [0.1, 0.15) is 5.15 Å². The monoisotopic (exact) mass is 348 g/mol. The number of aromatic nitrogens is 1. The molecular weight excluding hydrogens is 328 g/mol. The predicted molar refractivity (Wildman–Crippen MR) is 89.2 cm³/mol. The van der Waals surface area contributed by atoms with E-state index in [9.17, 15) is 8.42 Å². The third kappa shape index (κ3) is 5.77. The molecule has 1 heterocycles. The molecule has 4 nitrogen and oxygen atoms in total. The van der Waals surface area contributed by atoms with Crippen LogP contribution in [0.4, 0.5) is 0 Å². The Kier molecular flexibility index (Phi) is 6.34. The van der Waals surface area contributed by atoms with Gasteiger partial charge >= 0.3 is 0 Å². The molecule has 21 heavy (non-hydrogen) atoms. The van der Waals surface area contributed by atoms with E-state index in [2.05, 4.69) is 16.6 Å². The summed E-state index contributed by atoms with van der Waals surface area (Å²) in [5.41, 5.74) is 0.655. The van der Waals surface area contributed by atoms with Crippen LogP contribution in [0, 0.1) is 0 Å². The predicted octanol–water partition coefficient (Wildman–Crippen LogP) is 3.22. The molecule has 0 aliphatic heterocycles. The van der Waals surface area contributed by atoms with E-state index in [1.165, 1.54) is 12.6 Å². The number of rotatable bonds is 6. The minimum Gasteiger partial charge on any atom is -0.244 e. The van der Waals surface area contributed by atoms with Gasteiger partial charge in [-0.25, -0.2) is 18.1 Å². The van der Waals surface area contributed by atoms with Crippen molar-refractivity contribution in [1.82, 2.24) is 9.71 Å². The van der Waals surface area contributed by atoms with Gasteiger partial charge in [0.2, 0.25) is 10.0 Å². The molecule has 1 saturated carbocycles. The quantitative estimate of drug-likeness (QED) is 0.802. The fraction of sp³-hybridized carbons (Fsp3) is 0.643. The second-order valence-corrected chi connectivity index (χ2v) is 9.03. The van der Waals surface area contributed by atoms with Crippen molar-refractivity contribution in [3.63, 3.8) is 0 Å². The van der Waals surface area contributed by atoms with E-state index >= 15 is 0 Å². The van der Waals surface area contributed by atoms with Crippen molar-refractivity contribution in [3.05, 3.63) is 29.0 Å². The summed E-state index contributed by atoms with van der Waals surface area (Å²) in [6.45, 7) is 2.14. The van der Waals surface area contributed by atoms with Crippen molar-refractivity contribution in [3.8, 4) is 0 Å². The first-order valence-electron chi connectivity index (χ1n) is 7.20. The van der Waals surface area contributed by atoms with Crippen LogP contribution >= 0.6 is 23.4 Å². The fourth-order valence-electron chi connectivity index (χ4n) is 2.65. The Labute approximate surface area is 136 Å². The zero-order valence-electron chi connectivity index (χ0n) is 12.1. The van der Waals surface area contributed by atoms with Gasteiger partial charge in [-0.05, 0) is 36.6 Å². The van der Waals surface area contributed by atoms with Crippen molar-refractivity contribution in [2.45, 2.75) is 49.7 Å². The number of nitrogens with zero attached hydrogens (tertiary/aromatic N) is 1. The van der Waals surface area contributed by atoms with Crippen LogP contribution < -0.4 is 4.72 Å². The van der Waals surface area contributed by atoms with Gasteiger partial charge in [-0.1, -0.05) is 31.0 Å². The molecule has 118 valence electrons. The molecule has 1 fully saturated rings. The van der Waals surface area contributed by atoms with E-state index in [0.717, 1.165) is 25.0 Å². The molecule has 1 N–H and O–H groups in total. The van der Waals surface area contributed by atoms with Crippen molar-refractivity contribution >= 4 is 33.4 Å². The molecular formula is C14H21ClN2O2S2. The van der Waals surface area contributed by atoms with Gasteiger partial charge in [0.25, 0.3) is 0 Å². The highest BCUT2D eigenvalue weighted by molar-refractivity contribution is 7.99. The SMILES string of the molecule is CCS[C@@H]1CCC[C@@H](NS(=O)(=O)Cc2ccc(Cl)nc2)C1. The smallest absolute Gasteiger partial charge is 0.216 e. The molecule has 1 aliphatic rings. The van der Waals surface area contributed by atoms with Crippen LogP contribution in [-0.4, -0.2) is 30.4 Å². The molecule has 0 spiro atoms. The Morgan fingerprint density at radius 2 is 2.24 bits per heavy atom. The molecule has 0 saturated heterocycles. The third-order valence-electron chi connectivity index (χ3n) is 3.52. The van der Waals surface area contributed by atoms with Gasteiger partial charge in [-0.15, -0.1) is 0 Å². The number of hydrogen-bond donors (Lipinski definition) is 1. The van der Waals surface area contributed by atoms with Gasteiger partial charge in [-0.3, -0.25) is 0 Å². The lowest BCUT2D eigenvalue weighted by Crippen LogP contribution is -2.39. The lowest BCUT2D eigenvalue weighted by Gasteiger charge is -2.29. The van der Waals surface area contributed by atoms with E-state index in [-0.39, 0.29) is 11.8 Å². The fourth-order valence-corrected chi connectivity index (χ4v) is 5.35. The number of hydrogen-bond acceptors (Lipinski definition) is 4. The Bertz CT molecular complexity index is 547. The van der Waals surface area contributed by atoms with Crippen LogP contribution in [-0.2, 0) is 15.8 Å². The maximum atomic E-state index is 12.2. The standard InChI is InChI=1S/C14H21ClN2O2S2/c1-2-20-13-5-3-4-12(8-13)17-21(18,19)10-11-6-7-14(15)16-9-11/h6-7,9,12-13,17H,2-5,8,10H2,1H3/t12-,13-/m1/s1. The van der Waals surface area contributed by atoms with Crippen LogP contribution in [0.2, 0.25) is 5.15 Å². The zero-order valence-corrected chi connectivity index (χ0v) is 14.5. The van der Waals surface area contributed by atoms with Gasteiger partial charge in [0.05, 0.1) is 5.75 Å². The van der Waals surface area contributed by atoms with Crippen molar-refractivity contribution in [2.24, 2.45) is 0 Å². The highest BCUT2D eigenvalue weighted by Gasteiger charge is 2.25. The molecule has 2 atom stereocenters. The van der Waals surface area contributed by atoms with Gasteiger partial charge in [-0.2, -0.15) is 11.8 Å². The topological polar surface area (TPSA) is 59.1 Å². The molecule has 1 aromatic heterocycles. The van der Waals surface area contributed by atoms with Crippen molar-refractivity contribution in [2.75, 3.05) is 5.75 Å². The minimum absolute atomic E-state index is 0.0424. The first-order chi connectivity index (χ1) is 9.98. The van der Waals surface area contributed by atoms with E-state index in [0.29, 0.717) is 16.0 Å². The maximum Gasteiger partial charge on any atom is 0.216 e. The molecule has 1 aromatic rings. The van der Waals surface area contributed by atoms with Crippen LogP contribution in [0.1, 0.15) is 38.2 Å². The highest BCUT2D eigenvalue weighted by Crippen LogP contribution is 2.28. The number of pyridine rings is 1. The van der Waals surface area contributed by atoms with Crippen LogP contribution in [0.5, 0.6) is 0 Å². The minimum atomic E-state index is -3.33. The number of nitrogens with one attached hydrogen (secondary N) is 1. The molecule has 0 unspecified atom stereocenters. The van der Waals surface area contributed by atoms with E-state index in [1.807, 2.05) is 11.8 Å². The van der Waals surface area contributed by atoms with Crippen LogP contribution in [0.15, 0.2) is 18.3 Å². The lowest BCUT2D eigenvalue weighted by atomic mass is 9.96. The molecule has 0 bridgehead atoms. The zero-order chi connectivity index (χ0) is 15.3. The summed E-state index contributed by atoms with van der Waals surface area (Å²) in [6, 6.07) is 3.37. The third-order valence-corrected chi connectivity index (χ3v) is 6.38. The summed E-state index contributed by atoms with van der Waals surface area (Å²) in [6.07, 6.45) is 5.65. The second kappa shape index (κ2) is 7.81. The van der Waals surface area contributed by atoms with Crippen LogP contribution in [0.25, 0.3) is 0 Å². The molecule has 2 rings (SSSR count). The van der Waals surface area contributed by atoms with Crippen molar-refractivity contribution in [1.29, 1.82) is 0 Å². The number of sulfonamides is 1. The Morgan fingerprint density at radius 1 is 1.43 bits per heavy atom. The van der Waals surface area contributed by atoms with E-state index in [1.54, 1.807) is 12.1 Å². The Morgan fingerprint density at radius 3 is 2.90 bits per heavy atom. The van der Waals surface area contributed by atoms with Crippen molar-refractivity contribution < 1.29 is 8.42 Å². The van der Waals surface area contributed by atoms with E-state index < -0.39 is 10.0 Å². The van der Waals surface area contributed by atoms with Gasteiger partial charge in [0, 0.05) is 17.5 Å². The lowest BCUT2D eigenvalue weighted by molar-refractivity contribution is 0.420. The Hall–Kier alpha value is -0.300. The molecule has 0 aromatic carbocycles. The first kappa shape index (κ1) is 17.1. The molecule has 0 amide bonds. The van der Waals surface area contributed by atoms with E-state index in [4.69, 9.17) is 11.6 Å². The van der Waals surface area contributed by atoms with Gasteiger partial charge in [0.15, 0.2) is 0 Å². The maximum absolute atomic E-state index is 12.2.